The lowest BCUT2D eigenvalue weighted by atomic mass is 9.70. The fourth-order valence-electron chi connectivity index (χ4n) is 2.88. The van der Waals surface area contributed by atoms with E-state index in [1.54, 1.807) is 0 Å². The molecule has 2 atom stereocenters. The van der Waals surface area contributed by atoms with E-state index in [2.05, 4.69) is 36.3 Å². The molecule has 1 aromatic heterocycles. The highest BCUT2D eigenvalue weighted by molar-refractivity contribution is 4.88. The van der Waals surface area contributed by atoms with E-state index in [4.69, 9.17) is 4.42 Å². The number of hydrogen-bond donors (Lipinski definition) is 1. The zero-order valence-electron chi connectivity index (χ0n) is 11.3. The van der Waals surface area contributed by atoms with E-state index >= 15 is 0 Å². The van der Waals surface area contributed by atoms with Gasteiger partial charge in [0.05, 0.1) is 6.54 Å². The van der Waals surface area contributed by atoms with E-state index in [0.717, 1.165) is 0 Å². The van der Waals surface area contributed by atoms with Crippen LogP contribution in [0.5, 0.6) is 0 Å². The first-order valence-corrected chi connectivity index (χ1v) is 6.49. The van der Waals surface area contributed by atoms with Gasteiger partial charge in [0.1, 0.15) is 0 Å². The van der Waals surface area contributed by atoms with Gasteiger partial charge in [0, 0.05) is 13.0 Å². The largest absolute Gasteiger partial charge is 0.424 e. The van der Waals surface area contributed by atoms with Crippen molar-refractivity contribution in [1.29, 1.82) is 0 Å². The van der Waals surface area contributed by atoms with Gasteiger partial charge in [0.15, 0.2) is 0 Å². The zero-order chi connectivity index (χ0) is 12.5. The summed E-state index contributed by atoms with van der Waals surface area (Å²) < 4.78 is 5.37. The first kappa shape index (κ1) is 12.6. The predicted molar refractivity (Wildman–Crippen MR) is 66.5 cm³/mol. The summed E-state index contributed by atoms with van der Waals surface area (Å²) in [5, 5.41) is 11.4. The number of aromatic nitrogens is 2. The molecule has 96 valence electrons. The van der Waals surface area contributed by atoms with Crippen LogP contribution in [0, 0.1) is 18.3 Å². The monoisotopic (exact) mass is 237 g/mol. The second-order valence-electron chi connectivity index (χ2n) is 6.09. The molecule has 1 aliphatic carbocycles. The second kappa shape index (κ2) is 4.77. The van der Waals surface area contributed by atoms with Crippen molar-refractivity contribution in [2.45, 2.75) is 59.5 Å². The summed E-state index contributed by atoms with van der Waals surface area (Å²) in [5.41, 5.74) is 0.499. The van der Waals surface area contributed by atoms with Crippen molar-refractivity contribution in [2.75, 3.05) is 0 Å². The zero-order valence-corrected chi connectivity index (χ0v) is 11.3. The highest BCUT2D eigenvalue weighted by Crippen LogP contribution is 2.38. The van der Waals surface area contributed by atoms with Gasteiger partial charge in [-0.15, -0.1) is 10.2 Å². The van der Waals surface area contributed by atoms with E-state index in [-0.39, 0.29) is 0 Å². The first-order chi connectivity index (χ1) is 7.96. The molecular formula is C13H23N3O. The lowest BCUT2D eigenvalue weighted by Gasteiger charge is -2.39. The molecule has 0 amide bonds. The van der Waals surface area contributed by atoms with Crippen LogP contribution in [-0.4, -0.2) is 16.2 Å². The van der Waals surface area contributed by atoms with Crippen molar-refractivity contribution >= 4 is 0 Å². The molecule has 2 rings (SSSR count). The van der Waals surface area contributed by atoms with Gasteiger partial charge < -0.3 is 9.73 Å². The molecule has 0 bridgehead atoms. The predicted octanol–water partition coefficient (Wildman–Crippen LogP) is 2.68. The average molecular weight is 237 g/mol. The summed E-state index contributed by atoms with van der Waals surface area (Å²) in [6.07, 6.45) is 3.81. The van der Waals surface area contributed by atoms with Crippen LogP contribution < -0.4 is 5.32 Å². The Balaban J connectivity index is 1.84. The van der Waals surface area contributed by atoms with Gasteiger partial charge in [-0.25, -0.2) is 0 Å². The highest BCUT2D eigenvalue weighted by atomic mass is 16.4. The molecule has 1 aromatic rings. The minimum Gasteiger partial charge on any atom is -0.424 e. The second-order valence-corrected chi connectivity index (χ2v) is 6.09. The average Bonchev–Trinajstić information content (AvgIpc) is 2.62. The molecule has 0 aromatic carbocycles. The maximum absolute atomic E-state index is 5.37. The molecule has 4 heteroatoms. The Kier molecular flexibility index (Phi) is 3.52. The third-order valence-corrected chi connectivity index (χ3v) is 3.78. The molecule has 0 saturated heterocycles. The Morgan fingerprint density at radius 1 is 1.41 bits per heavy atom. The van der Waals surface area contributed by atoms with Gasteiger partial charge in [-0.05, 0) is 30.6 Å². The normalized spacial score (nSPS) is 28.2. The van der Waals surface area contributed by atoms with Crippen LogP contribution in [0.2, 0.25) is 0 Å². The van der Waals surface area contributed by atoms with Gasteiger partial charge >= 0.3 is 0 Å². The molecule has 1 aliphatic rings. The molecule has 0 aliphatic heterocycles. The van der Waals surface area contributed by atoms with Gasteiger partial charge in [-0.1, -0.05) is 20.8 Å². The van der Waals surface area contributed by atoms with E-state index in [0.29, 0.717) is 35.7 Å². The Hall–Kier alpha value is -0.900. The molecular weight excluding hydrogens is 214 g/mol. The minimum atomic E-state index is 0.499. The fraction of sp³-hybridized carbons (Fsp3) is 0.846. The topological polar surface area (TPSA) is 51.0 Å². The standard InChI is InChI=1S/C13H23N3O/c1-9-7-13(3,4)6-5-11(9)14-8-12-16-15-10(2)17-12/h9,11,14H,5-8H2,1-4H3. The number of nitrogens with one attached hydrogen (secondary N) is 1. The molecule has 4 nitrogen and oxygen atoms in total. The van der Waals surface area contributed by atoms with Crippen LogP contribution >= 0.6 is 0 Å². The molecule has 17 heavy (non-hydrogen) atoms. The number of rotatable bonds is 3. The van der Waals surface area contributed by atoms with E-state index in [9.17, 15) is 0 Å². The lowest BCUT2D eigenvalue weighted by Crippen LogP contribution is -2.41. The van der Waals surface area contributed by atoms with Gasteiger partial charge in [-0.2, -0.15) is 0 Å². The van der Waals surface area contributed by atoms with Crippen molar-refractivity contribution < 1.29 is 4.42 Å². The van der Waals surface area contributed by atoms with Gasteiger partial charge in [0.2, 0.25) is 11.8 Å². The molecule has 1 saturated carbocycles. The summed E-state index contributed by atoms with van der Waals surface area (Å²) in [5.74, 6) is 2.04. The molecule has 1 heterocycles. The maximum atomic E-state index is 5.37. The minimum absolute atomic E-state index is 0.499. The lowest BCUT2D eigenvalue weighted by molar-refractivity contribution is 0.146. The Morgan fingerprint density at radius 3 is 2.76 bits per heavy atom. The van der Waals surface area contributed by atoms with Crippen molar-refractivity contribution in [3.05, 3.63) is 11.8 Å². The van der Waals surface area contributed by atoms with Crippen molar-refractivity contribution in [2.24, 2.45) is 11.3 Å². The Bertz CT molecular complexity index is 372. The number of hydrogen-bond acceptors (Lipinski definition) is 4. The molecule has 0 radical (unpaired) electrons. The van der Waals surface area contributed by atoms with E-state index in [1.165, 1.54) is 19.3 Å². The summed E-state index contributed by atoms with van der Waals surface area (Å²) in [6.45, 7) is 9.57. The molecule has 1 fully saturated rings. The fourth-order valence-corrected chi connectivity index (χ4v) is 2.88. The summed E-state index contributed by atoms with van der Waals surface area (Å²) in [7, 11) is 0. The number of aryl methyl sites for hydroxylation is 1. The molecule has 0 spiro atoms. The van der Waals surface area contributed by atoms with Gasteiger partial charge in [-0.3, -0.25) is 0 Å². The van der Waals surface area contributed by atoms with E-state index in [1.807, 2.05) is 6.92 Å². The number of nitrogens with zero attached hydrogens (tertiary/aromatic N) is 2. The van der Waals surface area contributed by atoms with Crippen LogP contribution in [0.15, 0.2) is 4.42 Å². The molecule has 1 N–H and O–H groups in total. The first-order valence-electron chi connectivity index (χ1n) is 6.49. The van der Waals surface area contributed by atoms with Crippen LogP contribution in [-0.2, 0) is 6.54 Å². The maximum Gasteiger partial charge on any atom is 0.230 e. The van der Waals surface area contributed by atoms with Crippen LogP contribution in [0.4, 0.5) is 0 Å². The SMILES string of the molecule is Cc1nnc(CNC2CCC(C)(C)CC2C)o1. The quantitative estimate of drug-likeness (QED) is 0.878. The summed E-state index contributed by atoms with van der Waals surface area (Å²) >= 11 is 0. The van der Waals surface area contributed by atoms with Crippen LogP contribution in [0.25, 0.3) is 0 Å². The smallest absolute Gasteiger partial charge is 0.230 e. The summed E-state index contributed by atoms with van der Waals surface area (Å²) in [4.78, 5) is 0. The third kappa shape index (κ3) is 3.28. The van der Waals surface area contributed by atoms with Crippen molar-refractivity contribution in [3.63, 3.8) is 0 Å². The Morgan fingerprint density at radius 2 is 2.18 bits per heavy atom. The molecule has 2 unspecified atom stereocenters. The van der Waals surface area contributed by atoms with Crippen LogP contribution in [0.1, 0.15) is 51.8 Å². The highest BCUT2D eigenvalue weighted by Gasteiger charge is 2.32. The van der Waals surface area contributed by atoms with Crippen LogP contribution in [0.3, 0.4) is 0 Å². The summed E-state index contributed by atoms with van der Waals surface area (Å²) in [6, 6.07) is 0.579. The van der Waals surface area contributed by atoms with Gasteiger partial charge in [0.25, 0.3) is 0 Å². The van der Waals surface area contributed by atoms with Crippen molar-refractivity contribution in [1.82, 2.24) is 15.5 Å². The van der Waals surface area contributed by atoms with Crippen molar-refractivity contribution in [3.8, 4) is 0 Å². The Labute approximate surface area is 103 Å². The third-order valence-electron chi connectivity index (χ3n) is 3.78. The van der Waals surface area contributed by atoms with E-state index < -0.39 is 0 Å².